The predicted octanol–water partition coefficient (Wildman–Crippen LogP) is 4.22. The number of anilines is 2. The maximum absolute atomic E-state index is 12.4. The molecule has 0 saturated carbocycles. The zero-order valence-electron chi connectivity index (χ0n) is 17.9. The molecule has 0 radical (unpaired) electrons. The molecule has 2 aromatic carbocycles. The van der Waals surface area contributed by atoms with Gasteiger partial charge in [0.15, 0.2) is 5.76 Å². The van der Waals surface area contributed by atoms with Crippen molar-refractivity contribution in [2.75, 3.05) is 16.4 Å². The number of hydrogen-bond donors (Lipinski definition) is 3. The standard InChI is InChI=1S/C24H25N3O4S/c1-16-8-10-19(11-9-16)26-22(28)15-32-17(2)23(29)25-14-18-5-3-6-20(13-18)27-24(30)21-7-4-12-31-21/h3-13,17H,14-15H2,1-2H3,(H,25,29)(H,26,28)(H,27,30). The minimum Gasteiger partial charge on any atom is -0.459 e. The number of hydrogen-bond acceptors (Lipinski definition) is 5. The van der Waals surface area contributed by atoms with Crippen LogP contribution >= 0.6 is 11.8 Å². The molecule has 0 aliphatic carbocycles. The maximum Gasteiger partial charge on any atom is 0.291 e. The second kappa shape index (κ2) is 11.2. The largest absolute Gasteiger partial charge is 0.459 e. The van der Waals surface area contributed by atoms with Gasteiger partial charge in [0.1, 0.15) is 0 Å². The van der Waals surface area contributed by atoms with E-state index in [1.807, 2.05) is 37.3 Å². The van der Waals surface area contributed by atoms with Crippen molar-refractivity contribution in [3.63, 3.8) is 0 Å². The molecule has 0 aliphatic rings. The summed E-state index contributed by atoms with van der Waals surface area (Å²) in [6.45, 7) is 4.05. The molecule has 3 N–H and O–H groups in total. The molecule has 3 amide bonds. The summed E-state index contributed by atoms with van der Waals surface area (Å²) < 4.78 is 5.08. The van der Waals surface area contributed by atoms with Crippen molar-refractivity contribution in [3.8, 4) is 0 Å². The van der Waals surface area contributed by atoms with Gasteiger partial charge >= 0.3 is 0 Å². The van der Waals surface area contributed by atoms with Gasteiger partial charge in [-0.1, -0.05) is 29.8 Å². The normalized spacial score (nSPS) is 11.4. The van der Waals surface area contributed by atoms with Crippen LogP contribution in [0.15, 0.2) is 71.3 Å². The topological polar surface area (TPSA) is 100 Å². The van der Waals surface area contributed by atoms with Crippen molar-refractivity contribution < 1.29 is 18.8 Å². The minimum atomic E-state index is -0.388. The van der Waals surface area contributed by atoms with Gasteiger partial charge < -0.3 is 20.4 Å². The molecular weight excluding hydrogens is 426 g/mol. The van der Waals surface area contributed by atoms with E-state index < -0.39 is 0 Å². The monoisotopic (exact) mass is 451 g/mol. The molecule has 1 aromatic heterocycles. The van der Waals surface area contributed by atoms with Crippen molar-refractivity contribution in [2.45, 2.75) is 25.6 Å². The van der Waals surface area contributed by atoms with Gasteiger partial charge in [-0.3, -0.25) is 14.4 Å². The van der Waals surface area contributed by atoms with Crippen LogP contribution in [0, 0.1) is 6.92 Å². The van der Waals surface area contributed by atoms with Crippen LogP contribution in [0.25, 0.3) is 0 Å². The molecule has 32 heavy (non-hydrogen) atoms. The summed E-state index contributed by atoms with van der Waals surface area (Å²) in [6.07, 6.45) is 1.44. The average Bonchev–Trinajstić information content (AvgIpc) is 3.33. The Balaban J connectivity index is 1.43. The molecule has 1 atom stereocenters. The van der Waals surface area contributed by atoms with Gasteiger partial charge in [-0.05, 0) is 55.8 Å². The lowest BCUT2D eigenvalue weighted by Gasteiger charge is -2.13. The van der Waals surface area contributed by atoms with Crippen LogP contribution in [0.3, 0.4) is 0 Å². The van der Waals surface area contributed by atoms with Crippen LogP contribution in [0.5, 0.6) is 0 Å². The smallest absolute Gasteiger partial charge is 0.291 e. The number of carbonyl (C=O) groups excluding carboxylic acids is 3. The Morgan fingerprint density at radius 1 is 0.969 bits per heavy atom. The summed E-state index contributed by atoms with van der Waals surface area (Å²) >= 11 is 1.27. The number of rotatable bonds is 9. The van der Waals surface area contributed by atoms with Crippen molar-refractivity contribution in [2.24, 2.45) is 0 Å². The first-order chi connectivity index (χ1) is 15.4. The SMILES string of the molecule is Cc1ccc(NC(=O)CSC(C)C(=O)NCc2cccc(NC(=O)c3ccco3)c2)cc1. The molecule has 1 unspecified atom stereocenters. The molecular formula is C24H25N3O4S. The highest BCUT2D eigenvalue weighted by Gasteiger charge is 2.15. The molecule has 3 rings (SSSR count). The predicted molar refractivity (Wildman–Crippen MR) is 127 cm³/mol. The van der Waals surface area contributed by atoms with Crippen LogP contribution in [0.4, 0.5) is 11.4 Å². The minimum absolute atomic E-state index is 0.154. The second-order valence-electron chi connectivity index (χ2n) is 7.22. The van der Waals surface area contributed by atoms with Gasteiger partial charge in [0, 0.05) is 17.9 Å². The molecule has 7 nitrogen and oxygen atoms in total. The highest BCUT2D eigenvalue weighted by Crippen LogP contribution is 2.15. The first kappa shape index (κ1) is 23.1. The second-order valence-corrected chi connectivity index (χ2v) is 8.55. The third-order valence-corrected chi connectivity index (χ3v) is 5.71. The van der Waals surface area contributed by atoms with E-state index in [2.05, 4.69) is 16.0 Å². The highest BCUT2D eigenvalue weighted by atomic mass is 32.2. The number of nitrogens with one attached hydrogen (secondary N) is 3. The van der Waals surface area contributed by atoms with E-state index in [4.69, 9.17) is 4.42 Å². The van der Waals surface area contributed by atoms with Gasteiger partial charge in [0.05, 0.1) is 17.3 Å². The molecule has 0 spiro atoms. The molecule has 0 fully saturated rings. The Morgan fingerprint density at radius 2 is 1.75 bits per heavy atom. The summed E-state index contributed by atoms with van der Waals surface area (Å²) in [5, 5.41) is 8.05. The first-order valence-electron chi connectivity index (χ1n) is 10.1. The number of furan rings is 1. The van der Waals surface area contributed by atoms with E-state index in [-0.39, 0.29) is 34.5 Å². The zero-order chi connectivity index (χ0) is 22.9. The number of benzene rings is 2. The molecule has 166 valence electrons. The lowest BCUT2D eigenvalue weighted by Crippen LogP contribution is -2.31. The van der Waals surface area contributed by atoms with Crippen LogP contribution in [-0.2, 0) is 16.1 Å². The number of aryl methyl sites for hydroxylation is 1. The van der Waals surface area contributed by atoms with E-state index in [1.165, 1.54) is 18.0 Å². The molecule has 0 saturated heterocycles. The fraction of sp³-hybridized carbons (Fsp3) is 0.208. The Labute approximate surface area is 191 Å². The Hall–Kier alpha value is -3.52. The zero-order valence-corrected chi connectivity index (χ0v) is 18.7. The molecule has 1 heterocycles. The number of carbonyl (C=O) groups is 3. The van der Waals surface area contributed by atoms with E-state index in [9.17, 15) is 14.4 Å². The molecule has 3 aromatic rings. The van der Waals surface area contributed by atoms with Gasteiger partial charge in [-0.2, -0.15) is 0 Å². The Kier molecular flexibility index (Phi) is 8.10. The summed E-state index contributed by atoms with van der Waals surface area (Å²) in [4.78, 5) is 36.6. The summed E-state index contributed by atoms with van der Waals surface area (Å²) in [7, 11) is 0. The summed E-state index contributed by atoms with van der Waals surface area (Å²) in [6, 6.07) is 18.0. The Morgan fingerprint density at radius 3 is 2.47 bits per heavy atom. The van der Waals surface area contributed by atoms with E-state index in [1.54, 1.807) is 37.3 Å². The van der Waals surface area contributed by atoms with Crippen LogP contribution < -0.4 is 16.0 Å². The van der Waals surface area contributed by atoms with Crippen LogP contribution in [0.1, 0.15) is 28.6 Å². The number of thioether (sulfide) groups is 1. The number of amides is 3. The highest BCUT2D eigenvalue weighted by molar-refractivity contribution is 8.01. The molecule has 0 bridgehead atoms. The maximum atomic E-state index is 12.4. The van der Waals surface area contributed by atoms with Crippen molar-refractivity contribution in [1.29, 1.82) is 0 Å². The molecule has 8 heteroatoms. The third kappa shape index (κ3) is 7.02. The van der Waals surface area contributed by atoms with Gasteiger partial charge in [-0.25, -0.2) is 0 Å². The van der Waals surface area contributed by atoms with Crippen molar-refractivity contribution in [3.05, 3.63) is 83.8 Å². The van der Waals surface area contributed by atoms with E-state index in [0.717, 1.165) is 16.8 Å². The average molecular weight is 452 g/mol. The van der Waals surface area contributed by atoms with E-state index in [0.29, 0.717) is 12.2 Å². The van der Waals surface area contributed by atoms with Crippen molar-refractivity contribution >= 4 is 40.9 Å². The Bertz CT molecular complexity index is 1070. The fourth-order valence-electron chi connectivity index (χ4n) is 2.80. The summed E-state index contributed by atoms with van der Waals surface area (Å²) in [5.74, 6) is -0.260. The van der Waals surface area contributed by atoms with E-state index >= 15 is 0 Å². The first-order valence-corrected chi connectivity index (χ1v) is 11.2. The van der Waals surface area contributed by atoms with Gasteiger partial charge in [0.25, 0.3) is 5.91 Å². The fourth-order valence-corrected chi connectivity index (χ4v) is 3.51. The lowest BCUT2D eigenvalue weighted by atomic mass is 10.2. The third-order valence-electron chi connectivity index (χ3n) is 4.57. The summed E-state index contributed by atoms with van der Waals surface area (Å²) in [5.41, 5.74) is 3.30. The molecule has 0 aliphatic heterocycles. The quantitative estimate of drug-likeness (QED) is 0.452. The van der Waals surface area contributed by atoms with Gasteiger partial charge in [0.2, 0.25) is 11.8 Å². The lowest BCUT2D eigenvalue weighted by molar-refractivity contribution is -0.120. The van der Waals surface area contributed by atoms with Gasteiger partial charge in [-0.15, -0.1) is 11.8 Å². The van der Waals surface area contributed by atoms with Crippen LogP contribution in [0.2, 0.25) is 0 Å². The van der Waals surface area contributed by atoms with Crippen LogP contribution in [-0.4, -0.2) is 28.7 Å². The van der Waals surface area contributed by atoms with Crippen molar-refractivity contribution in [1.82, 2.24) is 5.32 Å².